The van der Waals surface area contributed by atoms with Crippen molar-refractivity contribution in [3.05, 3.63) is 43.0 Å². The zero-order valence-corrected chi connectivity index (χ0v) is 12.5. The van der Waals surface area contributed by atoms with Crippen LogP contribution in [0.4, 0.5) is 0 Å². The molecule has 0 bridgehead atoms. The highest BCUT2D eigenvalue weighted by Crippen LogP contribution is 2.49. The zero-order chi connectivity index (χ0) is 15.0. The molecule has 0 amide bonds. The summed E-state index contributed by atoms with van der Waals surface area (Å²) >= 11 is 0. The lowest BCUT2D eigenvalue weighted by Crippen LogP contribution is -2.23. The van der Waals surface area contributed by atoms with Crippen molar-refractivity contribution < 1.29 is 23.1 Å². The molecule has 1 aromatic rings. The van der Waals surface area contributed by atoms with Crippen LogP contribution in [0.1, 0.15) is 13.8 Å². The van der Waals surface area contributed by atoms with Crippen LogP contribution in [0.3, 0.4) is 0 Å². The highest BCUT2D eigenvalue weighted by atomic mass is 31.2. The molecule has 0 aromatic heterocycles. The second-order valence-corrected chi connectivity index (χ2v) is 5.97. The van der Waals surface area contributed by atoms with Gasteiger partial charge in [-0.1, -0.05) is 24.3 Å². The van der Waals surface area contributed by atoms with E-state index < -0.39 is 19.7 Å². The van der Waals surface area contributed by atoms with Crippen LogP contribution in [0.25, 0.3) is 0 Å². The molecule has 0 fully saturated rings. The number of carbonyl (C=O) groups excluding carboxylic acids is 1. The minimum atomic E-state index is -3.49. The van der Waals surface area contributed by atoms with E-state index in [1.807, 2.05) is 6.07 Å². The molecule has 0 aliphatic rings. The molecule has 6 heteroatoms. The standard InChI is InChI=1S/C14H19O5P/c1-4-11-20(16,18-12(3)14(15)17-5-2)19-13-9-7-6-8-10-13/h4,6-10,12H,1,5,11H2,2-3H3/t12-,20?/m0/s1. The first-order valence-corrected chi connectivity index (χ1v) is 8.03. The summed E-state index contributed by atoms with van der Waals surface area (Å²) in [6.45, 7) is 6.92. The summed E-state index contributed by atoms with van der Waals surface area (Å²) in [6, 6.07) is 8.64. The molecule has 0 saturated heterocycles. The van der Waals surface area contributed by atoms with Gasteiger partial charge in [-0.2, -0.15) is 0 Å². The predicted molar refractivity (Wildman–Crippen MR) is 76.9 cm³/mol. The van der Waals surface area contributed by atoms with E-state index in [1.54, 1.807) is 31.2 Å². The van der Waals surface area contributed by atoms with Crippen molar-refractivity contribution in [2.24, 2.45) is 0 Å². The van der Waals surface area contributed by atoms with Gasteiger partial charge in [0, 0.05) is 0 Å². The lowest BCUT2D eigenvalue weighted by Gasteiger charge is -2.21. The maximum atomic E-state index is 12.6. The van der Waals surface area contributed by atoms with E-state index in [0.29, 0.717) is 5.75 Å². The van der Waals surface area contributed by atoms with Gasteiger partial charge in [0.2, 0.25) is 0 Å². The van der Waals surface area contributed by atoms with Crippen LogP contribution in [0, 0.1) is 0 Å². The molecular weight excluding hydrogens is 279 g/mol. The Hall–Kier alpha value is -1.58. The molecule has 0 N–H and O–H groups in total. The Bertz CT molecular complexity index is 486. The Morgan fingerprint density at radius 1 is 1.40 bits per heavy atom. The fraction of sp³-hybridized carbons (Fsp3) is 0.357. The molecule has 1 unspecified atom stereocenters. The van der Waals surface area contributed by atoms with Crippen LogP contribution in [-0.4, -0.2) is 24.8 Å². The maximum Gasteiger partial charge on any atom is 0.383 e. The number of rotatable bonds is 8. The normalized spacial score (nSPS) is 14.9. The first-order valence-electron chi connectivity index (χ1n) is 6.30. The second kappa shape index (κ2) is 7.88. The summed E-state index contributed by atoms with van der Waals surface area (Å²) in [5.74, 6) is -0.165. The summed E-state index contributed by atoms with van der Waals surface area (Å²) < 4.78 is 28.1. The van der Waals surface area contributed by atoms with E-state index in [4.69, 9.17) is 13.8 Å². The topological polar surface area (TPSA) is 61.8 Å². The van der Waals surface area contributed by atoms with Gasteiger partial charge in [0.05, 0.1) is 12.8 Å². The number of ether oxygens (including phenoxy) is 1. The minimum absolute atomic E-state index is 0.00559. The maximum absolute atomic E-state index is 12.6. The molecule has 0 heterocycles. The van der Waals surface area contributed by atoms with Crippen LogP contribution >= 0.6 is 7.60 Å². The molecule has 1 rings (SSSR count). The number of para-hydroxylation sites is 1. The zero-order valence-electron chi connectivity index (χ0n) is 11.7. The molecule has 5 nitrogen and oxygen atoms in total. The van der Waals surface area contributed by atoms with Gasteiger partial charge in [-0.25, -0.2) is 9.36 Å². The van der Waals surface area contributed by atoms with Crippen molar-refractivity contribution in [1.82, 2.24) is 0 Å². The molecule has 20 heavy (non-hydrogen) atoms. The van der Waals surface area contributed by atoms with Crippen molar-refractivity contribution in [1.29, 1.82) is 0 Å². The average Bonchev–Trinajstić information content (AvgIpc) is 2.40. The smallest absolute Gasteiger partial charge is 0.383 e. The average molecular weight is 298 g/mol. The number of carbonyl (C=O) groups is 1. The third-order valence-electron chi connectivity index (χ3n) is 2.28. The van der Waals surface area contributed by atoms with Gasteiger partial charge in [-0.05, 0) is 26.0 Å². The van der Waals surface area contributed by atoms with Crippen molar-refractivity contribution >= 4 is 13.6 Å². The largest absolute Gasteiger partial charge is 0.464 e. The lowest BCUT2D eigenvalue weighted by molar-refractivity contribution is -0.150. The molecule has 110 valence electrons. The number of hydrogen-bond donors (Lipinski definition) is 0. The van der Waals surface area contributed by atoms with Crippen LogP contribution in [0.2, 0.25) is 0 Å². The Balaban J connectivity index is 2.78. The quantitative estimate of drug-likeness (QED) is 0.418. The number of esters is 1. The fourth-order valence-electron chi connectivity index (χ4n) is 1.45. The number of benzene rings is 1. The predicted octanol–water partition coefficient (Wildman–Crippen LogP) is 3.41. The Morgan fingerprint density at radius 2 is 2.05 bits per heavy atom. The summed E-state index contributed by atoms with van der Waals surface area (Å²) in [5, 5.41) is 0. The van der Waals surface area contributed by atoms with Crippen LogP contribution in [0.15, 0.2) is 43.0 Å². The van der Waals surface area contributed by atoms with Gasteiger partial charge >= 0.3 is 13.6 Å². The van der Waals surface area contributed by atoms with E-state index in [-0.39, 0.29) is 12.8 Å². The van der Waals surface area contributed by atoms with Gasteiger partial charge < -0.3 is 9.26 Å². The summed E-state index contributed by atoms with van der Waals surface area (Å²) in [4.78, 5) is 11.5. The van der Waals surface area contributed by atoms with E-state index in [0.717, 1.165) is 0 Å². The van der Waals surface area contributed by atoms with Gasteiger partial charge in [-0.15, -0.1) is 6.58 Å². The second-order valence-electron chi connectivity index (χ2n) is 3.99. The molecule has 2 atom stereocenters. The summed E-state index contributed by atoms with van der Waals surface area (Å²) in [7, 11) is -3.49. The SMILES string of the molecule is C=CCP(=O)(Oc1ccccc1)O[C@@H](C)C(=O)OCC. The minimum Gasteiger partial charge on any atom is -0.464 e. The van der Waals surface area contributed by atoms with Gasteiger partial charge in [-0.3, -0.25) is 4.52 Å². The van der Waals surface area contributed by atoms with Crippen LogP contribution in [-0.2, 0) is 18.6 Å². The Morgan fingerprint density at radius 3 is 2.60 bits per heavy atom. The van der Waals surface area contributed by atoms with Crippen molar-refractivity contribution in [3.8, 4) is 5.75 Å². The fourth-order valence-corrected chi connectivity index (χ4v) is 2.98. The Kier molecular flexibility index (Phi) is 6.49. The van der Waals surface area contributed by atoms with Crippen molar-refractivity contribution in [2.75, 3.05) is 12.8 Å². The molecule has 0 aliphatic heterocycles. The first kappa shape index (κ1) is 16.5. The monoisotopic (exact) mass is 298 g/mol. The Labute approximate surface area is 119 Å². The third kappa shape index (κ3) is 5.19. The van der Waals surface area contributed by atoms with Crippen molar-refractivity contribution in [2.45, 2.75) is 20.0 Å². The highest BCUT2D eigenvalue weighted by Gasteiger charge is 2.31. The van der Waals surface area contributed by atoms with Crippen LogP contribution in [0.5, 0.6) is 5.75 Å². The molecule has 0 radical (unpaired) electrons. The van der Waals surface area contributed by atoms with Crippen molar-refractivity contribution in [3.63, 3.8) is 0 Å². The first-order chi connectivity index (χ1) is 9.50. The third-order valence-corrected chi connectivity index (χ3v) is 4.11. The van der Waals surface area contributed by atoms with E-state index in [1.165, 1.54) is 13.0 Å². The molecule has 0 spiro atoms. The van der Waals surface area contributed by atoms with Gasteiger partial charge in [0.1, 0.15) is 5.75 Å². The van der Waals surface area contributed by atoms with Gasteiger partial charge in [0.15, 0.2) is 6.10 Å². The lowest BCUT2D eigenvalue weighted by atomic mass is 10.3. The number of hydrogen-bond acceptors (Lipinski definition) is 5. The van der Waals surface area contributed by atoms with Gasteiger partial charge in [0.25, 0.3) is 0 Å². The van der Waals surface area contributed by atoms with E-state index in [9.17, 15) is 9.36 Å². The summed E-state index contributed by atoms with van der Waals surface area (Å²) in [6.07, 6.45) is 0.470. The molecule has 0 saturated carbocycles. The highest BCUT2D eigenvalue weighted by molar-refractivity contribution is 7.54. The molecule has 1 aromatic carbocycles. The molecular formula is C14H19O5P. The van der Waals surface area contributed by atoms with Crippen LogP contribution < -0.4 is 4.52 Å². The molecule has 0 aliphatic carbocycles. The van der Waals surface area contributed by atoms with E-state index >= 15 is 0 Å². The van der Waals surface area contributed by atoms with E-state index in [2.05, 4.69) is 6.58 Å². The summed E-state index contributed by atoms with van der Waals surface area (Å²) in [5.41, 5.74) is 0. The number of allylic oxidation sites excluding steroid dienone is 1.